The number of nitrogens with two attached hydrogens (primary N) is 1. The Morgan fingerprint density at radius 1 is 1.21 bits per heavy atom. The molecule has 0 aliphatic heterocycles. The van der Waals surface area contributed by atoms with Crippen LogP contribution in [-0.2, 0) is 0 Å². The van der Waals surface area contributed by atoms with Gasteiger partial charge in [0.25, 0.3) is 0 Å². The highest BCUT2D eigenvalue weighted by Gasteiger charge is 2.42. The minimum atomic E-state index is -4.25. The van der Waals surface area contributed by atoms with Crippen LogP contribution in [0.3, 0.4) is 0 Å². The lowest BCUT2D eigenvalue weighted by molar-refractivity contribution is -0.148. The van der Waals surface area contributed by atoms with Crippen LogP contribution < -0.4 is 10.5 Å². The summed E-state index contributed by atoms with van der Waals surface area (Å²) in [7, 11) is 0. The number of fused-ring (bicyclic) bond motifs is 1. The molecule has 1 aromatic carbocycles. The quantitative estimate of drug-likeness (QED) is 0.871. The van der Waals surface area contributed by atoms with E-state index in [1.54, 1.807) is 18.2 Å². The fraction of sp³-hybridized carbons (Fsp3) is 0.273. The van der Waals surface area contributed by atoms with Crippen molar-refractivity contribution in [3.05, 3.63) is 24.3 Å². The fourth-order valence-corrected chi connectivity index (χ4v) is 1.40. The molecule has 0 radical (unpaired) electrons. The number of hydrogen-bond acceptors (Lipinski definition) is 4. The third-order valence-corrected chi connectivity index (χ3v) is 2.31. The van der Waals surface area contributed by atoms with E-state index in [0.717, 1.165) is 0 Å². The molecule has 19 heavy (non-hydrogen) atoms. The molecule has 0 fully saturated rings. The molecule has 0 spiro atoms. The number of nitrogen functional groups attached to an aromatic ring is 1. The monoisotopic (exact) mass is 275 g/mol. The standard InChI is InChI=1S/C11H9F4N3O/c12-9(13)11(14,15)5-19-8-6-3-1-2-4-7(6)17-10(16)18-8/h1-4,9H,5H2,(H2,16,17,18). The topological polar surface area (TPSA) is 61.0 Å². The highest BCUT2D eigenvalue weighted by Crippen LogP contribution is 2.27. The molecule has 2 N–H and O–H groups in total. The predicted molar refractivity (Wildman–Crippen MR) is 60.4 cm³/mol. The number of aromatic nitrogens is 2. The molecule has 0 saturated carbocycles. The maximum Gasteiger partial charge on any atom is 0.340 e. The van der Waals surface area contributed by atoms with E-state index in [2.05, 4.69) is 14.7 Å². The SMILES string of the molecule is Nc1nc(OCC(F)(F)C(F)F)c2ccccc2n1. The molecule has 0 saturated heterocycles. The molecule has 0 aliphatic carbocycles. The molecular formula is C11H9F4N3O. The van der Waals surface area contributed by atoms with E-state index in [0.29, 0.717) is 10.9 Å². The normalized spacial score (nSPS) is 12.1. The van der Waals surface area contributed by atoms with Gasteiger partial charge in [0.15, 0.2) is 6.61 Å². The summed E-state index contributed by atoms with van der Waals surface area (Å²) >= 11 is 0. The molecule has 0 bridgehead atoms. The summed E-state index contributed by atoms with van der Waals surface area (Å²) in [5, 5.41) is 0.321. The number of nitrogens with zero attached hydrogens (tertiary/aromatic N) is 2. The van der Waals surface area contributed by atoms with Crippen LogP contribution in [0.4, 0.5) is 23.5 Å². The van der Waals surface area contributed by atoms with Crippen LogP contribution in [-0.4, -0.2) is 28.9 Å². The van der Waals surface area contributed by atoms with Gasteiger partial charge in [-0.2, -0.15) is 13.8 Å². The van der Waals surface area contributed by atoms with Gasteiger partial charge in [-0.25, -0.2) is 13.8 Å². The number of rotatable bonds is 4. The lowest BCUT2D eigenvalue weighted by Crippen LogP contribution is -2.34. The maximum atomic E-state index is 12.8. The predicted octanol–water partition coefficient (Wildman–Crippen LogP) is 2.49. The highest BCUT2D eigenvalue weighted by atomic mass is 19.3. The number of hydrogen-bond donors (Lipinski definition) is 1. The minimum absolute atomic E-state index is 0.186. The second-order valence-electron chi connectivity index (χ2n) is 3.75. The van der Waals surface area contributed by atoms with Crippen molar-refractivity contribution in [3.8, 4) is 5.88 Å². The second-order valence-corrected chi connectivity index (χ2v) is 3.75. The van der Waals surface area contributed by atoms with E-state index >= 15 is 0 Å². The van der Waals surface area contributed by atoms with Gasteiger partial charge in [0.2, 0.25) is 11.8 Å². The van der Waals surface area contributed by atoms with Gasteiger partial charge in [-0.15, -0.1) is 0 Å². The summed E-state index contributed by atoms with van der Waals surface area (Å²) in [5.41, 5.74) is 5.77. The summed E-state index contributed by atoms with van der Waals surface area (Å²) in [5.74, 6) is -4.68. The largest absolute Gasteiger partial charge is 0.470 e. The number of halogens is 4. The molecule has 2 aromatic rings. The first-order valence-corrected chi connectivity index (χ1v) is 5.21. The smallest absolute Gasteiger partial charge is 0.340 e. The van der Waals surface area contributed by atoms with Gasteiger partial charge < -0.3 is 10.5 Å². The van der Waals surface area contributed by atoms with Crippen molar-refractivity contribution in [2.24, 2.45) is 0 Å². The third-order valence-electron chi connectivity index (χ3n) is 2.31. The van der Waals surface area contributed by atoms with Crippen LogP contribution in [0.15, 0.2) is 24.3 Å². The molecular weight excluding hydrogens is 266 g/mol. The second kappa shape index (κ2) is 4.87. The van der Waals surface area contributed by atoms with Crippen molar-refractivity contribution in [1.29, 1.82) is 0 Å². The Balaban J connectivity index is 2.30. The Morgan fingerprint density at radius 2 is 1.89 bits per heavy atom. The van der Waals surface area contributed by atoms with Gasteiger partial charge >= 0.3 is 12.3 Å². The summed E-state index contributed by atoms with van der Waals surface area (Å²) in [6.07, 6.45) is -3.81. The van der Waals surface area contributed by atoms with Crippen molar-refractivity contribution in [1.82, 2.24) is 9.97 Å². The molecule has 0 amide bonds. The van der Waals surface area contributed by atoms with Crippen LogP contribution >= 0.6 is 0 Å². The Hall–Kier alpha value is -2.12. The van der Waals surface area contributed by atoms with Crippen LogP contribution in [0.25, 0.3) is 10.9 Å². The van der Waals surface area contributed by atoms with E-state index < -0.39 is 19.0 Å². The molecule has 102 valence electrons. The van der Waals surface area contributed by atoms with Gasteiger partial charge in [0.05, 0.1) is 10.9 Å². The van der Waals surface area contributed by atoms with Crippen molar-refractivity contribution in [2.45, 2.75) is 12.3 Å². The Labute approximate surface area is 105 Å². The molecule has 0 unspecified atom stereocenters. The average molecular weight is 275 g/mol. The first-order chi connectivity index (χ1) is 8.90. The lowest BCUT2D eigenvalue weighted by atomic mass is 10.2. The van der Waals surface area contributed by atoms with Crippen LogP contribution in [0.1, 0.15) is 0 Å². The van der Waals surface area contributed by atoms with E-state index in [4.69, 9.17) is 5.73 Å². The molecule has 1 aromatic heterocycles. The van der Waals surface area contributed by atoms with Gasteiger partial charge in [-0.3, -0.25) is 0 Å². The number of benzene rings is 1. The molecule has 0 atom stereocenters. The molecule has 1 heterocycles. The number of ether oxygens (including phenoxy) is 1. The number of alkyl halides is 4. The Bertz CT molecular complexity index is 591. The average Bonchev–Trinajstić information content (AvgIpc) is 2.35. The molecule has 2 rings (SSSR count). The van der Waals surface area contributed by atoms with Gasteiger partial charge in [0, 0.05) is 0 Å². The van der Waals surface area contributed by atoms with E-state index in [-0.39, 0.29) is 11.8 Å². The van der Waals surface area contributed by atoms with Crippen molar-refractivity contribution < 1.29 is 22.3 Å². The lowest BCUT2D eigenvalue weighted by Gasteiger charge is -2.16. The van der Waals surface area contributed by atoms with Crippen molar-refractivity contribution in [3.63, 3.8) is 0 Å². The Morgan fingerprint density at radius 3 is 2.58 bits per heavy atom. The van der Waals surface area contributed by atoms with Crippen molar-refractivity contribution >= 4 is 16.9 Å². The van der Waals surface area contributed by atoms with E-state index in [1.807, 2.05) is 0 Å². The van der Waals surface area contributed by atoms with Gasteiger partial charge in [-0.05, 0) is 12.1 Å². The molecule has 0 aliphatic rings. The summed E-state index contributed by atoms with van der Waals surface area (Å²) in [6.45, 7) is -1.48. The summed E-state index contributed by atoms with van der Waals surface area (Å²) < 4.78 is 54.3. The van der Waals surface area contributed by atoms with Gasteiger partial charge in [0.1, 0.15) is 0 Å². The molecule has 8 heteroatoms. The van der Waals surface area contributed by atoms with E-state index in [1.165, 1.54) is 6.07 Å². The zero-order chi connectivity index (χ0) is 14.0. The summed E-state index contributed by atoms with van der Waals surface area (Å²) in [6, 6.07) is 6.36. The van der Waals surface area contributed by atoms with Gasteiger partial charge in [-0.1, -0.05) is 12.1 Å². The zero-order valence-corrected chi connectivity index (χ0v) is 9.49. The van der Waals surface area contributed by atoms with Crippen molar-refractivity contribution in [2.75, 3.05) is 12.3 Å². The number of anilines is 1. The van der Waals surface area contributed by atoms with Crippen LogP contribution in [0.5, 0.6) is 5.88 Å². The first-order valence-electron chi connectivity index (χ1n) is 5.21. The van der Waals surface area contributed by atoms with Crippen LogP contribution in [0.2, 0.25) is 0 Å². The third kappa shape index (κ3) is 2.83. The summed E-state index contributed by atoms with van der Waals surface area (Å²) in [4.78, 5) is 7.50. The molecule has 4 nitrogen and oxygen atoms in total. The highest BCUT2D eigenvalue weighted by molar-refractivity contribution is 5.84. The minimum Gasteiger partial charge on any atom is -0.470 e. The number of para-hydroxylation sites is 1. The van der Waals surface area contributed by atoms with Crippen LogP contribution in [0, 0.1) is 0 Å². The first kappa shape index (κ1) is 13.3. The Kier molecular flexibility index (Phi) is 3.41. The fourth-order valence-electron chi connectivity index (χ4n) is 1.40. The van der Waals surface area contributed by atoms with E-state index in [9.17, 15) is 17.6 Å². The maximum absolute atomic E-state index is 12.8. The zero-order valence-electron chi connectivity index (χ0n) is 9.49.